The van der Waals surface area contributed by atoms with Crippen molar-refractivity contribution in [2.45, 2.75) is 19.4 Å². The lowest BCUT2D eigenvalue weighted by Crippen LogP contribution is -2.11. The molecule has 0 fully saturated rings. The Hall–Kier alpha value is -0.930. The van der Waals surface area contributed by atoms with Crippen molar-refractivity contribution in [3.05, 3.63) is 30.1 Å². The third-order valence-electron chi connectivity index (χ3n) is 2.41. The van der Waals surface area contributed by atoms with Gasteiger partial charge in [-0.15, -0.1) is 0 Å². The number of methoxy groups -OCH3 is 2. The van der Waals surface area contributed by atoms with Crippen LogP contribution < -0.4 is 0 Å². The Bertz CT molecular complexity index is 264. The van der Waals surface area contributed by atoms with E-state index in [1.165, 1.54) is 0 Å². The van der Waals surface area contributed by atoms with Crippen LogP contribution in [0.3, 0.4) is 0 Å². The Balaban J connectivity index is 2.56. The van der Waals surface area contributed by atoms with Gasteiger partial charge in [0.25, 0.3) is 0 Å². The Kier molecular flexibility index (Phi) is 5.29. The molecule has 0 aliphatic rings. The first kappa shape index (κ1) is 12.1. The van der Waals surface area contributed by atoms with Crippen molar-refractivity contribution in [1.29, 1.82) is 0 Å². The summed E-state index contributed by atoms with van der Waals surface area (Å²) in [6.07, 6.45) is 4.70. The molecule has 3 heteroatoms. The molecule has 0 bridgehead atoms. The van der Waals surface area contributed by atoms with E-state index in [2.05, 4.69) is 11.9 Å². The van der Waals surface area contributed by atoms with E-state index in [1.807, 2.05) is 18.3 Å². The van der Waals surface area contributed by atoms with Gasteiger partial charge in [0.1, 0.15) is 0 Å². The van der Waals surface area contributed by atoms with E-state index in [4.69, 9.17) is 9.47 Å². The molecular formula is C12H19NO2. The molecule has 2 atom stereocenters. The minimum Gasteiger partial charge on any atom is -0.384 e. The lowest BCUT2D eigenvalue weighted by molar-refractivity contribution is 0.0623. The summed E-state index contributed by atoms with van der Waals surface area (Å²) in [5.74, 6) is 0.486. The van der Waals surface area contributed by atoms with Crippen LogP contribution in [0.1, 0.15) is 25.0 Å². The monoisotopic (exact) mass is 209 g/mol. The number of hydrogen-bond donors (Lipinski definition) is 0. The topological polar surface area (TPSA) is 31.4 Å². The van der Waals surface area contributed by atoms with Crippen molar-refractivity contribution in [2.24, 2.45) is 5.92 Å². The zero-order valence-corrected chi connectivity index (χ0v) is 9.64. The molecule has 3 nitrogen and oxygen atoms in total. The molecule has 0 saturated carbocycles. The fraction of sp³-hybridized carbons (Fsp3) is 0.583. The zero-order chi connectivity index (χ0) is 11.1. The van der Waals surface area contributed by atoms with E-state index in [0.717, 1.165) is 18.6 Å². The van der Waals surface area contributed by atoms with Crippen LogP contribution in [0.2, 0.25) is 0 Å². The van der Waals surface area contributed by atoms with E-state index in [9.17, 15) is 0 Å². The third-order valence-corrected chi connectivity index (χ3v) is 2.41. The predicted octanol–water partition coefficient (Wildman–Crippen LogP) is 2.44. The maximum Gasteiger partial charge on any atom is 0.0839 e. The van der Waals surface area contributed by atoms with Crippen LogP contribution in [0, 0.1) is 5.92 Å². The minimum atomic E-state index is 0.115. The lowest BCUT2D eigenvalue weighted by Gasteiger charge is -2.19. The number of rotatable bonds is 6. The number of ether oxygens (including phenoxy) is 2. The normalized spacial score (nSPS) is 14.9. The second-order valence-corrected chi connectivity index (χ2v) is 3.81. The average molecular weight is 209 g/mol. The van der Waals surface area contributed by atoms with E-state index in [-0.39, 0.29) is 6.10 Å². The second kappa shape index (κ2) is 6.53. The highest BCUT2D eigenvalue weighted by Crippen LogP contribution is 2.23. The van der Waals surface area contributed by atoms with E-state index < -0.39 is 0 Å². The van der Waals surface area contributed by atoms with E-state index >= 15 is 0 Å². The maximum atomic E-state index is 5.46. The molecule has 1 rings (SSSR count). The van der Waals surface area contributed by atoms with Gasteiger partial charge in [-0.05, 0) is 24.0 Å². The van der Waals surface area contributed by atoms with Gasteiger partial charge in [-0.3, -0.25) is 4.98 Å². The van der Waals surface area contributed by atoms with Crippen LogP contribution in [-0.2, 0) is 9.47 Å². The molecule has 0 aliphatic carbocycles. The molecule has 0 aliphatic heterocycles. The van der Waals surface area contributed by atoms with E-state index in [1.54, 1.807) is 20.4 Å². The quantitative estimate of drug-likeness (QED) is 0.721. The first-order chi connectivity index (χ1) is 7.27. The van der Waals surface area contributed by atoms with Gasteiger partial charge in [-0.25, -0.2) is 0 Å². The highest BCUT2D eigenvalue weighted by atomic mass is 16.5. The molecule has 0 amide bonds. The molecule has 0 N–H and O–H groups in total. The molecule has 0 radical (unpaired) electrons. The Morgan fingerprint density at radius 2 is 2.20 bits per heavy atom. The largest absolute Gasteiger partial charge is 0.384 e. The van der Waals surface area contributed by atoms with Gasteiger partial charge in [0.05, 0.1) is 6.10 Å². The molecule has 0 aromatic carbocycles. The fourth-order valence-corrected chi connectivity index (χ4v) is 1.65. The Morgan fingerprint density at radius 1 is 1.40 bits per heavy atom. The van der Waals surface area contributed by atoms with Crippen molar-refractivity contribution in [3.8, 4) is 0 Å². The molecule has 0 saturated heterocycles. The Labute approximate surface area is 91.4 Å². The highest BCUT2D eigenvalue weighted by molar-refractivity contribution is 5.12. The average Bonchev–Trinajstić information content (AvgIpc) is 2.27. The van der Waals surface area contributed by atoms with Crippen LogP contribution in [0.4, 0.5) is 0 Å². The zero-order valence-electron chi connectivity index (χ0n) is 9.64. The molecular weight excluding hydrogens is 190 g/mol. The Morgan fingerprint density at radius 3 is 2.73 bits per heavy atom. The van der Waals surface area contributed by atoms with Crippen LogP contribution >= 0.6 is 0 Å². The van der Waals surface area contributed by atoms with Crippen LogP contribution in [0.25, 0.3) is 0 Å². The first-order valence-electron chi connectivity index (χ1n) is 5.19. The SMILES string of the molecule is COC[C@H](C)CC(OC)c1cccnc1. The number of nitrogens with zero attached hydrogens (tertiary/aromatic N) is 1. The molecule has 84 valence electrons. The number of hydrogen-bond acceptors (Lipinski definition) is 3. The smallest absolute Gasteiger partial charge is 0.0839 e. The van der Waals surface area contributed by atoms with Gasteiger partial charge in [0.15, 0.2) is 0 Å². The third kappa shape index (κ3) is 3.98. The van der Waals surface area contributed by atoms with Gasteiger partial charge in [0, 0.05) is 33.2 Å². The van der Waals surface area contributed by atoms with Gasteiger partial charge >= 0.3 is 0 Å². The van der Waals surface area contributed by atoms with Gasteiger partial charge in [0.2, 0.25) is 0 Å². The predicted molar refractivity (Wildman–Crippen MR) is 59.6 cm³/mol. The summed E-state index contributed by atoms with van der Waals surface area (Å²) in [4.78, 5) is 4.10. The summed E-state index contributed by atoms with van der Waals surface area (Å²) in [6, 6.07) is 3.98. The number of pyridine rings is 1. The molecule has 1 aromatic rings. The van der Waals surface area contributed by atoms with Crippen LogP contribution in [0.15, 0.2) is 24.5 Å². The van der Waals surface area contributed by atoms with Crippen molar-refractivity contribution in [1.82, 2.24) is 4.98 Å². The standard InChI is InChI=1S/C12H19NO2/c1-10(9-14-2)7-12(15-3)11-5-4-6-13-8-11/h4-6,8,10,12H,7,9H2,1-3H3/t10-,12?/m1/s1. The van der Waals surface area contributed by atoms with Crippen molar-refractivity contribution in [3.63, 3.8) is 0 Å². The van der Waals surface area contributed by atoms with Crippen LogP contribution in [-0.4, -0.2) is 25.8 Å². The fourth-order valence-electron chi connectivity index (χ4n) is 1.65. The van der Waals surface area contributed by atoms with Crippen molar-refractivity contribution >= 4 is 0 Å². The summed E-state index contributed by atoms with van der Waals surface area (Å²) >= 11 is 0. The van der Waals surface area contributed by atoms with Crippen LogP contribution in [0.5, 0.6) is 0 Å². The maximum absolute atomic E-state index is 5.46. The molecule has 1 heterocycles. The summed E-state index contributed by atoms with van der Waals surface area (Å²) < 4.78 is 10.6. The van der Waals surface area contributed by atoms with Crippen molar-refractivity contribution < 1.29 is 9.47 Å². The molecule has 1 aromatic heterocycles. The molecule has 1 unspecified atom stereocenters. The lowest BCUT2D eigenvalue weighted by atomic mass is 10.00. The second-order valence-electron chi connectivity index (χ2n) is 3.81. The summed E-state index contributed by atoms with van der Waals surface area (Å²) in [5.41, 5.74) is 1.13. The highest BCUT2D eigenvalue weighted by Gasteiger charge is 2.14. The molecule has 0 spiro atoms. The summed E-state index contributed by atoms with van der Waals surface area (Å²) in [5, 5.41) is 0. The van der Waals surface area contributed by atoms with Gasteiger partial charge in [-0.1, -0.05) is 13.0 Å². The van der Waals surface area contributed by atoms with Gasteiger partial charge in [-0.2, -0.15) is 0 Å². The van der Waals surface area contributed by atoms with E-state index in [0.29, 0.717) is 5.92 Å². The number of aromatic nitrogens is 1. The summed E-state index contributed by atoms with van der Waals surface area (Å²) in [7, 11) is 3.46. The molecule has 15 heavy (non-hydrogen) atoms. The first-order valence-corrected chi connectivity index (χ1v) is 5.19. The minimum absolute atomic E-state index is 0.115. The summed E-state index contributed by atoms with van der Waals surface area (Å²) in [6.45, 7) is 2.92. The van der Waals surface area contributed by atoms with Crippen molar-refractivity contribution in [2.75, 3.05) is 20.8 Å². The van der Waals surface area contributed by atoms with Gasteiger partial charge < -0.3 is 9.47 Å².